The fraction of sp³-hybridized carbons (Fsp3) is 0.231. The van der Waals surface area contributed by atoms with Crippen molar-refractivity contribution in [1.82, 2.24) is 0 Å². The lowest BCUT2D eigenvalue weighted by molar-refractivity contribution is 0.628. The van der Waals surface area contributed by atoms with Gasteiger partial charge in [-0.15, -0.1) is 11.3 Å². The van der Waals surface area contributed by atoms with Gasteiger partial charge in [0.15, 0.2) is 0 Å². The van der Waals surface area contributed by atoms with Crippen molar-refractivity contribution >= 4 is 11.3 Å². The Hall–Kier alpha value is -1.19. The monoisotopic (exact) mass is 235 g/mol. The zero-order valence-electron chi connectivity index (χ0n) is 9.11. The summed E-state index contributed by atoms with van der Waals surface area (Å²) in [6.45, 7) is 2.00. The molecule has 1 aromatic heterocycles. The van der Waals surface area contributed by atoms with E-state index in [-0.39, 0.29) is 11.9 Å². The van der Waals surface area contributed by atoms with Gasteiger partial charge in [0.25, 0.3) is 0 Å². The van der Waals surface area contributed by atoms with Crippen LogP contribution in [0.25, 0.3) is 11.1 Å². The highest BCUT2D eigenvalue weighted by Crippen LogP contribution is 2.26. The van der Waals surface area contributed by atoms with E-state index >= 15 is 0 Å². The van der Waals surface area contributed by atoms with Crippen LogP contribution in [0.15, 0.2) is 35.7 Å². The average molecular weight is 235 g/mol. The van der Waals surface area contributed by atoms with Gasteiger partial charge in [-0.1, -0.05) is 12.1 Å². The summed E-state index contributed by atoms with van der Waals surface area (Å²) < 4.78 is 12.8. The van der Waals surface area contributed by atoms with E-state index in [0.717, 1.165) is 17.5 Å². The van der Waals surface area contributed by atoms with Crippen LogP contribution in [0.4, 0.5) is 4.39 Å². The molecule has 2 rings (SSSR count). The molecule has 0 fully saturated rings. The molecule has 2 aromatic rings. The summed E-state index contributed by atoms with van der Waals surface area (Å²) in [6, 6.07) is 8.87. The molecule has 0 saturated carbocycles. The highest BCUT2D eigenvalue weighted by atomic mass is 32.1. The van der Waals surface area contributed by atoms with Gasteiger partial charge in [-0.2, -0.15) is 0 Å². The van der Waals surface area contributed by atoms with Gasteiger partial charge >= 0.3 is 0 Å². The minimum absolute atomic E-state index is 0.180. The Labute approximate surface area is 98.7 Å². The Morgan fingerprint density at radius 3 is 2.56 bits per heavy atom. The molecule has 1 unspecified atom stereocenters. The Bertz CT molecular complexity index is 459. The topological polar surface area (TPSA) is 26.0 Å². The first-order chi connectivity index (χ1) is 7.65. The number of hydrogen-bond acceptors (Lipinski definition) is 2. The van der Waals surface area contributed by atoms with E-state index in [2.05, 4.69) is 11.4 Å². The zero-order chi connectivity index (χ0) is 11.5. The molecule has 3 heteroatoms. The van der Waals surface area contributed by atoms with Crippen LogP contribution in [0.5, 0.6) is 0 Å². The van der Waals surface area contributed by atoms with Crippen molar-refractivity contribution in [3.8, 4) is 11.1 Å². The van der Waals surface area contributed by atoms with Crippen molar-refractivity contribution in [3.63, 3.8) is 0 Å². The number of halogens is 1. The van der Waals surface area contributed by atoms with Gasteiger partial charge in [-0.3, -0.25) is 0 Å². The third-order valence-electron chi connectivity index (χ3n) is 2.35. The molecule has 0 aliphatic rings. The van der Waals surface area contributed by atoms with Crippen LogP contribution >= 0.6 is 11.3 Å². The maximum absolute atomic E-state index is 12.8. The number of rotatable bonds is 3. The van der Waals surface area contributed by atoms with Crippen LogP contribution in [0.1, 0.15) is 11.8 Å². The molecule has 0 saturated heterocycles. The number of hydrogen-bond donors (Lipinski definition) is 1. The van der Waals surface area contributed by atoms with E-state index in [9.17, 15) is 4.39 Å². The van der Waals surface area contributed by atoms with E-state index in [4.69, 9.17) is 5.73 Å². The lowest BCUT2D eigenvalue weighted by Gasteiger charge is -2.00. The third kappa shape index (κ3) is 2.68. The molecule has 0 radical (unpaired) electrons. The summed E-state index contributed by atoms with van der Waals surface area (Å²) in [5, 5.41) is 2.09. The molecule has 2 N–H and O–H groups in total. The van der Waals surface area contributed by atoms with Crippen LogP contribution in [0, 0.1) is 5.82 Å². The van der Waals surface area contributed by atoms with Crippen molar-refractivity contribution in [1.29, 1.82) is 0 Å². The van der Waals surface area contributed by atoms with E-state index < -0.39 is 0 Å². The largest absolute Gasteiger partial charge is 0.328 e. The molecule has 1 nitrogen and oxygen atoms in total. The summed E-state index contributed by atoms with van der Waals surface area (Å²) in [5.74, 6) is -0.199. The highest BCUT2D eigenvalue weighted by molar-refractivity contribution is 7.10. The SMILES string of the molecule is CC(N)Cc1cc(-c2ccc(F)cc2)cs1. The van der Waals surface area contributed by atoms with Crippen molar-refractivity contribution in [2.24, 2.45) is 5.73 Å². The molecule has 0 bridgehead atoms. The molecule has 0 amide bonds. The highest BCUT2D eigenvalue weighted by Gasteiger charge is 2.04. The van der Waals surface area contributed by atoms with Gasteiger partial charge in [0.2, 0.25) is 0 Å². The Morgan fingerprint density at radius 2 is 1.94 bits per heavy atom. The van der Waals surface area contributed by atoms with E-state index in [1.165, 1.54) is 17.0 Å². The van der Waals surface area contributed by atoms with Gasteiger partial charge < -0.3 is 5.73 Å². The third-order valence-corrected chi connectivity index (χ3v) is 3.31. The standard InChI is InChI=1S/C13H14FNS/c1-9(15)6-13-7-11(8-16-13)10-2-4-12(14)5-3-10/h2-5,7-9H,6,15H2,1H3. The van der Waals surface area contributed by atoms with Crippen LogP contribution in [-0.4, -0.2) is 6.04 Å². The fourth-order valence-corrected chi connectivity index (χ4v) is 2.64. The van der Waals surface area contributed by atoms with Crippen molar-refractivity contribution in [2.75, 3.05) is 0 Å². The number of benzene rings is 1. The Balaban J connectivity index is 2.21. The van der Waals surface area contributed by atoms with Gasteiger partial charge in [0.1, 0.15) is 5.82 Å². The second-order valence-corrected chi connectivity index (χ2v) is 4.99. The smallest absolute Gasteiger partial charge is 0.123 e. The Morgan fingerprint density at radius 1 is 1.25 bits per heavy atom. The molecular weight excluding hydrogens is 221 g/mol. The normalized spacial score (nSPS) is 12.7. The van der Waals surface area contributed by atoms with E-state index in [0.29, 0.717) is 0 Å². The van der Waals surface area contributed by atoms with Crippen LogP contribution < -0.4 is 5.73 Å². The first kappa shape index (κ1) is 11.3. The number of thiophene rings is 1. The van der Waals surface area contributed by atoms with Gasteiger partial charge in [-0.25, -0.2) is 4.39 Å². The maximum Gasteiger partial charge on any atom is 0.123 e. The van der Waals surface area contributed by atoms with E-state index in [1.807, 2.05) is 6.92 Å². The number of nitrogens with two attached hydrogens (primary N) is 1. The fourth-order valence-electron chi connectivity index (χ4n) is 1.60. The van der Waals surface area contributed by atoms with Crippen molar-refractivity contribution in [2.45, 2.75) is 19.4 Å². The summed E-state index contributed by atoms with van der Waals surface area (Å²) >= 11 is 1.70. The summed E-state index contributed by atoms with van der Waals surface area (Å²) in [5.41, 5.74) is 7.94. The zero-order valence-corrected chi connectivity index (χ0v) is 9.93. The molecule has 1 atom stereocenters. The first-order valence-corrected chi connectivity index (χ1v) is 6.12. The lowest BCUT2D eigenvalue weighted by atomic mass is 10.1. The Kier molecular flexibility index (Phi) is 3.36. The van der Waals surface area contributed by atoms with Crippen LogP contribution in [0.3, 0.4) is 0 Å². The second kappa shape index (κ2) is 4.76. The lowest BCUT2D eigenvalue weighted by Crippen LogP contribution is -2.16. The molecule has 1 aromatic carbocycles. The van der Waals surface area contributed by atoms with Gasteiger partial charge in [0.05, 0.1) is 0 Å². The summed E-state index contributed by atoms with van der Waals surface area (Å²) in [7, 11) is 0. The molecule has 0 aliphatic heterocycles. The van der Waals surface area contributed by atoms with Crippen molar-refractivity contribution in [3.05, 3.63) is 46.4 Å². The molecule has 1 heterocycles. The van der Waals surface area contributed by atoms with Crippen LogP contribution in [0.2, 0.25) is 0 Å². The predicted octanol–water partition coefficient (Wildman–Crippen LogP) is 3.44. The summed E-state index contributed by atoms with van der Waals surface area (Å²) in [4.78, 5) is 1.27. The second-order valence-electron chi connectivity index (χ2n) is 3.99. The quantitative estimate of drug-likeness (QED) is 0.866. The van der Waals surface area contributed by atoms with Crippen molar-refractivity contribution < 1.29 is 4.39 Å². The maximum atomic E-state index is 12.8. The molecule has 16 heavy (non-hydrogen) atoms. The summed E-state index contributed by atoms with van der Waals surface area (Å²) in [6.07, 6.45) is 0.895. The first-order valence-electron chi connectivity index (χ1n) is 5.24. The minimum atomic E-state index is -0.199. The minimum Gasteiger partial charge on any atom is -0.328 e. The molecular formula is C13H14FNS. The molecule has 0 spiro atoms. The molecule has 84 valence electrons. The van der Waals surface area contributed by atoms with E-state index in [1.54, 1.807) is 23.5 Å². The van der Waals surface area contributed by atoms with Crippen LogP contribution in [-0.2, 0) is 6.42 Å². The predicted molar refractivity (Wildman–Crippen MR) is 67.1 cm³/mol. The molecule has 0 aliphatic carbocycles. The average Bonchev–Trinajstić information content (AvgIpc) is 2.66. The van der Waals surface area contributed by atoms with Gasteiger partial charge in [0, 0.05) is 10.9 Å². The van der Waals surface area contributed by atoms with Gasteiger partial charge in [-0.05, 0) is 48.1 Å².